The lowest BCUT2D eigenvalue weighted by molar-refractivity contribution is 0.928. The number of rotatable bonds is 0. The molecule has 0 aromatic carbocycles. The summed E-state index contributed by atoms with van der Waals surface area (Å²) in [4.78, 5) is 4.07. The maximum absolute atomic E-state index is 5.81. The van der Waals surface area contributed by atoms with Crippen molar-refractivity contribution in [1.82, 2.24) is 14.6 Å². The monoisotopic (exact) mass is 201 g/mol. The molecule has 2 rings (SSSR count). The summed E-state index contributed by atoms with van der Waals surface area (Å²) in [6.07, 6.45) is 3.33. The molecule has 0 amide bonds. The summed E-state index contributed by atoms with van der Waals surface area (Å²) in [7, 11) is 0. The Morgan fingerprint density at radius 3 is 2.92 bits per heavy atom. The van der Waals surface area contributed by atoms with Crippen LogP contribution in [0.15, 0.2) is 12.4 Å². The normalized spacial score (nSPS) is 10.9. The van der Waals surface area contributed by atoms with Gasteiger partial charge < -0.3 is 0 Å². The molecule has 62 valence electrons. The van der Waals surface area contributed by atoms with E-state index in [2.05, 4.69) is 10.1 Å². The van der Waals surface area contributed by atoms with E-state index in [0.717, 1.165) is 5.56 Å². The zero-order valence-electron chi connectivity index (χ0n) is 6.25. The molecule has 0 aliphatic heterocycles. The Morgan fingerprint density at radius 1 is 1.42 bits per heavy atom. The average molecular weight is 202 g/mol. The molecule has 0 unspecified atom stereocenters. The van der Waals surface area contributed by atoms with E-state index in [1.54, 1.807) is 16.9 Å². The van der Waals surface area contributed by atoms with Crippen molar-refractivity contribution in [1.29, 1.82) is 0 Å². The number of hydrogen-bond acceptors (Lipinski definition) is 2. The molecule has 2 aromatic heterocycles. The van der Waals surface area contributed by atoms with Gasteiger partial charge in [-0.1, -0.05) is 23.2 Å². The van der Waals surface area contributed by atoms with Crippen LogP contribution in [0.2, 0.25) is 10.2 Å². The summed E-state index contributed by atoms with van der Waals surface area (Å²) in [6.45, 7) is 1.87. The lowest BCUT2D eigenvalue weighted by Gasteiger charge is -1.97. The molecule has 12 heavy (non-hydrogen) atoms. The Morgan fingerprint density at radius 2 is 2.17 bits per heavy atom. The van der Waals surface area contributed by atoms with E-state index in [0.29, 0.717) is 15.8 Å². The third-order valence-electron chi connectivity index (χ3n) is 1.57. The summed E-state index contributed by atoms with van der Waals surface area (Å²) in [5.74, 6) is 0. The highest BCUT2D eigenvalue weighted by Crippen LogP contribution is 2.18. The van der Waals surface area contributed by atoms with Gasteiger partial charge in [-0.3, -0.25) is 0 Å². The van der Waals surface area contributed by atoms with E-state index in [4.69, 9.17) is 23.2 Å². The number of fused-ring (bicyclic) bond motifs is 1. The van der Waals surface area contributed by atoms with Crippen LogP contribution < -0.4 is 0 Å². The number of aromatic nitrogens is 3. The molecule has 0 aliphatic rings. The van der Waals surface area contributed by atoms with Gasteiger partial charge in [0, 0.05) is 11.8 Å². The number of hydrogen-bond donors (Lipinski definition) is 0. The van der Waals surface area contributed by atoms with Crippen molar-refractivity contribution in [3.05, 3.63) is 28.1 Å². The van der Waals surface area contributed by atoms with E-state index >= 15 is 0 Å². The second-order valence-corrected chi connectivity index (χ2v) is 3.24. The van der Waals surface area contributed by atoms with Crippen LogP contribution in [-0.2, 0) is 0 Å². The first-order chi connectivity index (χ1) is 5.68. The Hall–Kier alpha value is -0.800. The van der Waals surface area contributed by atoms with Gasteiger partial charge in [0.25, 0.3) is 0 Å². The molecule has 2 aromatic rings. The van der Waals surface area contributed by atoms with Gasteiger partial charge in [0.2, 0.25) is 0 Å². The third-order valence-corrected chi connectivity index (χ3v) is 2.22. The van der Waals surface area contributed by atoms with Crippen LogP contribution in [0.25, 0.3) is 5.65 Å². The van der Waals surface area contributed by atoms with Gasteiger partial charge in [-0.2, -0.15) is 5.10 Å². The first-order valence-electron chi connectivity index (χ1n) is 3.34. The molecule has 0 N–H and O–H groups in total. The summed E-state index contributed by atoms with van der Waals surface area (Å²) >= 11 is 11.6. The Bertz CT molecular complexity index is 435. The van der Waals surface area contributed by atoms with Crippen LogP contribution in [-0.4, -0.2) is 14.6 Å². The SMILES string of the molecule is Cc1cn2ncc(Cl)c2nc1Cl. The lowest BCUT2D eigenvalue weighted by Crippen LogP contribution is -1.92. The highest BCUT2D eigenvalue weighted by molar-refractivity contribution is 6.34. The second kappa shape index (κ2) is 2.61. The molecule has 0 atom stereocenters. The molecule has 2 heterocycles. The maximum atomic E-state index is 5.81. The average Bonchev–Trinajstić information content (AvgIpc) is 2.35. The molecule has 3 nitrogen and oxygen atoms in total. The molecule has 0 saturated carbocycles. The van der Waals surface area contributed by atoms with Crippen molar-refractivity contribution in [2.45, 2.75) is 6.92 Å². The maximum Gasteiger partial charge on any atom is 0.175 e. The first kappa shape index (κ1) is 7.83. The van der Waals surface area contributed by atoms with Gasteiger partial charge in [0.1, 0.15) is 10.2 Å². The summed E-state index contributed by atoms with van der Waals surface area (Å²) in [6, 6.07) is 0. The van der Waals surface area contributed by atoms with Gasteiger partial charge in [0.15, 0.2) is 5.65 Å². The molecule has 0 bridgehead atoms. The van der Waals surface area contributed by atoms with Crippen molar-refractivity contribution in [3.8, 4) is 0 Å². The number of halogens is 2. The standard InChI is InChI=1S/C7H5Cl2N3/c1-4-3-12-7(11-6(4)9)5(8)2-10-12/h2-3H,1H3. The highest BCUT2D eigenvalue weighted by atomic mass is 35.5. The summed E-state index contributed by atoms with van der Waals surface area (Å²) in [5, 5.41) is 4.96. The molecule has 0 spiro atoms. The minimum absolute atomic E-state index is 0.463. The van der Waals surface area contributed by atoms with Crippen molar-refractivity contribution >= 4 is 28.8 Å². The molecule has 5 heteroatoms. The topological polar surface area (TPSA) is 30.2 Å². The van der Waals surface area contributed by atoms with Gasteiger partial charge >= 0.3 is 0 Å². The Kier molecular flexibility index (Phi) is 1.70. The molecule has 0 aliphatic carbocycles. The molecular formula is C7H5Cl2N3. The predicted molar refractivity (Wildman–Crippen MR) is 47.7 cm³/mol. The predicted octanol–water partition coefficient (Wildman–Crippen LogP) is 2.34. The van der Waals surface area contributed by atoms with Crippen LogP contribution in [0.5, 0.6) is 0 Å². The minimum atomic E-state index is 0.463. The first-order valence-corrected chi connectivity index (χ1v) is 4.10. The van der Waals surface area contributed by atoms with E-state index in [1.807, 2.05) is 6.92 Å². The Balaban J connectivity index is 2.87. The van der Waals surface area contributed by atoms with E-state index in [9.17, 15) is 0 Å². The van der Waals surface area contributed by atoms with Crippen LogP contribution in [0.1, 0.15) is 5.56 Å². The third kappa shape index (κ3) is 1.06. The van der Waals surface area contributed by atoms with Crippen LogP contribution >= 0.6 is 23.2 Å². The van der Waals surface area contributed by atoms with Crippen LogP contribution in [0.3, 0.4) is 0 Å². The van der Waals surface area contributed by atoms with Gasteiger partial charge in [-0.25, -0.2) is 9.50 Å². The fraction of sp³-hybridized carbons (Fsp3) is 0.143. The second-order valence-electron chi connectivity index (χ2n) is 2.48. The zero-order valence-corrected chi connectivity index (χ0v) is 7.76. The van der Waals surface area contributed by atoms with Crippen molar-refractivity contribution in [3.63, 3.8) is 0 Å². The molecule has 0 fully saturated rings. The molecule has 0 radical (unpaired) electrons. The quantitative estimate of drug-likeness (QED) is 0.613. The van der Waals surface area contributed by atoms with Crippen LogP contribution in [0, 0.1) is 6.92 Å². The van der Waals surface area contributed by atoms with Crippen molar-refractivity contribution < 1.29 is 0 Å². The zero-order chi connectivity index (χ0) is 8.72. The van der Waals surface area contributed by atoms with Crippen molar-refractivity contribution in [2.24, 2.45) is 0 Å². The van der Waals surface area contributed by atoms with Gasteiger partial charge in [0.05, 0.1) is 6.20 Å². The van der Waals surface area contributed by atoms with Gasteiger partial charge in [-0.15, -0.1) is 0 Å². The molecular weight excluding hydrogens is 197 g/mol. The number of nitrogens with zero attached hydrogens (tertiary/aromatic N) is 3. The Labute approximate surface area is 78.9 Å². The van der Waals surface area contributed by atoms with E-state index in [-0.39, 0.29) is 0 Å². The largest absolute Gasteiger partial charge is 0.221 e. The summed E-state index contributed by atoms with van der Waals surface area (Å²) < 4.78 is 1.60. The van der Waals surface area contributed by atoms with Gasteiger partial charge in [-0.05, 0) is 6.92 Å². The number of aryl methyl sites for hydroxylation is 1. The van der Waals surface area contributed by atoms with E-state index < -0.39 is 0 Å². The highest BCUT2D eigenvalue weighted by Gasteiger charge is 2.05. The lowest BCUT2D eigenvalue weighted by atomic mass is 10.4. The fourth-order valence-electron chi connectivity index (χ4n) is 0.952. The summed E-state index contributed by atoms with van der Waals surface area (Å²) in [5.41, 5.74) is 1.47. The smallest absolute Gasteiger partial charge is 0.175 e. The molecule has 0 saturated heterocycles. The van der Waals surface area contributed by atoms with Crippen molar-refractivity contribution in [2.75, 3.05) is 0 Å². The fourth-order valence-corrected chi connectivity index (χ4v) is 1.25. The van der Waals surface area contributed by atoms with E-state index in [1.165, 1.54) is 0 Å². The van der Waals surface area contributed by atoms with Crippen LogP contribution in [0.4, 0.5) is 0 Å². The minimum Gasteiger partial charge on any atom is -0.221 e.